The highest BCUT2D eigenvalue weighted by Crippen LogP contribution is 2.19. The third-order valence-electron chi connectivity index (χ3n) is 3.19. The van der Waals surface area contributed by atoms with Crippen molar-refractivity contribution in [3.05, 3.63) is 63.2 Å². The van der Waals surface area contributed by atoms with Crippen LogP contribution in [0.5, 0.6) is 5.75 Å². The van der Waals surface area contributed by atoms with Crippen molar-refractivity contribution < 1.29 is 5.11 Å². The van der Waals surface area contributed by atoms with Crippen molar-refractivity contribution in [2.75, 3.05) is 0 Å². The number of benzene rings is 2. The number of phenols is 1. The number of halogens is 1. The quantitative estimate of drug-likeness (QED) is 0.661. The molecule has 0 aromatic heterocycles. The fraction of sp³-hybridized carbons (Fsp3) is 0.316. The van der Waals surface area contributed by atoms with Crippen molar-refractivity contribution in [2.24, 2.45) is 0 Å². The van der Waals surface area contributed by atoms with Gasteiger partial charge in [-0.15, -0.1) is 0 Å². The van der Waals surface area contributed by atoms with E-state index in [1.807, 2.05) is 65.8 Å². The average molecular weight is 318 g/mol. The minimum absolute atomic E-state index is 0.414. The molecule has 0 bridgehead atoms. The monoisotopic (exact) mass is 317 g/mol. The maximum atomic E-state index is 9.21. The minimum Gasteiger partial charge on any atom is -0.507 e. The van der Waals surface area contributed by atoms with Gasteiger partial charge in [0, 0.05) is 5.02 Å². The van der Waals surface area contributed by atoms with Gasteiger partial charge >= 0.3 is 0 Å². The van der Waals surface area contributed by atoms with Crippen LogP contribution in [0.25, 0.3) is 0 Å². The summed E-state index contributed by atoms with van der Waals surface area (Å²) in [6, 6.07) is 11.4. The number of hydrogen-bond acceptors (Lipinski definition) is 2. The molecule has 3 heteroatoms. The van der Waals surface area contributed by atoms with Crippen LogP contribution in [0, 0.1) is 39.0 Å². The molecule has 0 aliphatic carbocycles. The SMILES string of the molecule is CC.Cc1cc(Cl)cc(C#N)c1C.Cc1cccc(C)c1O. The van der Waals surface area contributed by atoms with Crippen molar-refractivity contribution in [1.82, 2.24) is 0 Å². The van der Waals surface area contributed by atoms with E-state index in [2.05, 4.69) is 6.07 Å². The molecule has 2 nitrogen and oxygen atoms in total. The largest absolute Gasteiger partial charge is 0.507 e. The lowest BCUT2D eigenvalue weighted by Crippen LogP contribution is -1.86. The van der Waals surface area contributed by atoms with E-state index in [1.54, 1.807) is 6.07 Å². The summed E-state index contributed by atoms with van der Waals surface area (Å²) in [5, 5.41) is 18.5. The molecular weight excluding hydrogens is 294 g/mol. The van der Waals surface area contributed by atoms with Crippen LogP contribution in [-0.4, -0.2) is 5.11 Å². The Bertz CT molecular complexity index is 637. The summed E-state index contributed by atoms with van der Waals surface area (Å²) in [7, 11) is 0. The standard InChI is InChI=1S/C9H8ClN.C8H10O.C2H6/c1-6-3-9(10)4-8(5-11)7(6)2;1-6-4-3-5-7(2)8(6)9;1-2/h3-4H,1-2H3;3-5,9H,1-2H3;1-2H3. The van der Waals surface area contributed by atoms with Gasteiger partial charge in [-0.25, -0.2) is 0 Å². The van der Waals surface area contributed by atoms with E-state index in [-0.39, 0.29) is 0 Å². The second-order valence-electron chi connectivity index (χ2n) is 4.75. The summed E-state index contributed by atoms with van der Waals surface area (Å²) >= 11 is 5.75. The molecule has 22 heavy (non-hydrogen) atoms. The topological polar surface area (TPSA) is 44.0 Å². The Balaban J connectivity index is 0.000000366. The summed E-state index contributed by atoms with van der Waals surface area (Å²) < 4.78 is 0. The van der Waals surface area contributed by atoms with Gasteiger partial charge in [-0.1, -0.05) is 43.6 Å². The van der Waals surface area contributed by atoms with Gasteiger partial charge in [-0.2, -0.15) is 5.26 Å². The van der Waals surface area contributed by atoms with Crippen molar-refractivity contribution >= 4 is 11.6 Å². The molecule has 0 saturated carbocycles. The number of phenolic OH excluding ortho intramolecular Hbond substituents is 1. The Labute approximate surface area is 139 Å². The van der Waals surface area contributed by atoms with Crippen molar-refractivity contribution in [1.29, 1.82) is 5.26 Å². The minimum atomic E-state index is 0.414. The fourth-order valence-electron chi connectivity index (χ4n) is 1.74. The van der Waals surface area contributed by atoms with Crippen LogP contribution in [0.3, 0.4) is 0 Å². The normalized spacial score (nSPS) is 8.82. The lowest BCUT2D eigenvalue weighted by molar-refractivity contribution is 0.467. The van der Waals surface area contributed by atoms with Crippen molar-refractivity contribution in [3.8, 4) is 11.8 Å². The average Bonchev–Trinajstić information content (AvgIpc) is 2.51. The molecule has 0 aliphatic rings. The Hall–Kier alpha value is -1.98. The number of hydrogen-bond donors (Lipinski definition) is 1. The summed E-state index contributed by atoms with van der Waals surface area (Å²) in [5.74, 6) is 0.414. The second-order valence-corrected chi connectivity index (χ2v) is 5.18. The fourth-order valence-corrected chi connectivity index (χ4v) is 2.01. The van der Waals surface area contributed by atoms with Gasteiger partial charge < -0.3 is 5.11 Å². The van der Waals surface area contributed by atoms with Gasteiger partial charge in [0.15, 0.2) is 0 Å². The van der Waals surface area contributed by atoms with Crippen molar-refractivity contribution in [2.45, 2.75) is 41.5 Å². The van der Waals surface area contributed by atoms with Gasteiger partial charge in [0.2, 0.25) is 0 Å². The van der Waals surface area contributed by atoms with Crippen molar-refractivity contribution in [3.63, 3.8) is 0 Å². The van der Waals surface area contributed by atoms with E-state index < -0.39 is 0 Å². The zero-order valence-corrected chi connectivity index (χ0v) is 14.9. The van der Waals surface area contributed by atoms with E-state index in [9.17, 15) is 5.11 Å². The first-order valence-corrected chi connectivity index (χ1v) is 7.66. The molecule has 0 amide bonds. The van der Waals surface area contributed by atoms with Crippen LogP contribution in [0.2, 0.25) is 5.02 Å². The molecule has 1 N–H and O–H groups in total. The molecule has 2 aromatic rings. The second kappa shape index (κ2) is 9.87. The predicted molar refractivity (Wildman–Crippen MR) is 94.6 cm³/mol. The van der Waals surface area contributed by atoms with Gasteiger partial charge in [0.1, 0.15) is 5.75 Å². The van der Waals surface area contributed by atoms with Crippen LogP contribution < -0.4 is 0 Å². The van der Waals surface area contributed by atoms with E-state index in [0.29, 0.717) is 16.3 Å². The van der Waals surface area contributed by atoms with Crippen LogP contribution >= 0.6 is 11.6 Å². The molecule has 0 radical (unpaired) electrons. The Kier molecular flexibility index (Phi) is 8.98. The Morgan fingerprint density at radius 2 is 1.45 bits per heavy atom. The van der Waals surface area contributed by atoms with E-state index in [1.165, 1.54) is 0 Å². The molecular formula is C19H24ClNO. The van der Waals surface area contributed by atoms with Gasteiger partial charge in [-0.05, 0) is 62.1 Å². The number of aromatic hydroxyl groups is 1. The molecule has 0 saturated heterocycles. The Morgan fingerprint density at radius 1 is 0.955 bits per heavy atom. The number of aryl methyl sites for hydroxylation is 3. The predicted octanol–water partition coefficient (Wildman–Crippen LogP) is 5.86. The van der Waals surface area contributed by atoms with E-state index >= 15 is 0 Å². The highest BCUT2D eigenvalue weighted by Gasteiger charge is 2.01. The zero-order chi connectivity index (χ0) is 17.3. The molecule has 0 spiro atoms. The van der Waals surface area contributed by atoms with Crippen LogP contribution in [0.4, 0.5) is 0 Å². The Morgan fingerprint density at radius 3 is 1.86 bits per heavy atom. The van der Waals surface area contributed by atoms with Crippen LogP contribution in [0.15, 0.2) is 30.3 Å². The molecule has 2 aromatic carbocycles. The van der Waals surface area contributed by atoms with Crippen LogP contribution in [-0.2, 0) is 0 Å². The smallest absolute Gasteiger partial charge is 0.121 e. The third kappa shape index (κ3) is 5.79. The molecule has 0 heterocycles. The van der Waals surface area contributed by atoms with Gasteiger partial charge in [0.05, 0.1) is 11.6 Å². The number of nitriles is 1. The summed E-state index contributed by atoms with van der Waals surface area (Å²) in [5.41, 5.74) is 4.62. The lowest BCUT2D eigenvalue weighted by Gasteiger charge is -2.01. The molecule has 0 atom stereocenters. The molecule has 0 unspecified atom stereocenters. The number of rotatable bonds is 0. The molecule has 0 fully saturated rings. The summed E-state index contributed by atoms with van der Waals surface area (Å²) in [4.78, 5) is 0. The first kappa shape index (κ1) is 20.0. The first-order valence-electron chi connectivity index (χ1n) is 7.28. The lowest BCUT2D eigenvalue weighted by atomic mass is 10.0. The van der Waals surface area contributed by atoms with E-state index in [0.717, 1.165) is 22.3 Å². The first-order chi connectivity index (χ1) is 10.4. The number of nitrogens with zero attached hydrogens (tertiary/aromatic N) is 1. The number of para-hydroxylation sites is 1. The maximum Gasteiger partial charge on any atom is 0.121 e. The highest BCUT2D eigenvalue weighted by molar-refractivity contribution is 6.30. The maximum absolute atomic E-state index is 9.21. The molecule has 118 valence electrons. The zero-order valence-electron chi connectivity index (χ0n) is 14.2. The summed E-state index contributed by atoms with van der Waals surface area (Å²) in [6.45, 7) is 11.6. The van der Waals surface area contributed by atoms with Gasteiger partial charge in [0.25, 0.3) is 0 Å². The van der Waals surface area contributed by atoms with Gasteiger partial charge in [-0.3, -0.25) is 0 Å². The van der Waals surface area contributed by atoms with E-state index in [4.69, 9.17) is 16.9 Å². The molecule has 2 rings (SSSR count). The third-order valence-corrected chi connectivity index (χ3v) is 3.41. The summed E-state index contributed by atoms with van der Waals surface area (Å²) in [6.07, 6.45) is 0. The highest BCUT2D eigenvalue weighted by atomic mass is 35.5. The van der Waals surface area contributed by atoms with Crippen LogP contribution in [0.1, 0.15) is 41.7 Å². The molecule has 0 aliphatic heterocycles.